The summed E-state index contributed by atoms with van der Waals surface area (Å²) in [7, 11) is 3.46. The van der Waals surface area contributed by atoms with Gasteiger partial charge in [-0.25, -0.2) is 0 Å². The molecule has 0 bridgehead atoms. The van der Waals surface area contributed by atoms with Gasteiger partial charge in [0.05, 0.1) is 23.9 Å². The lowest BCUT2D eigenvalue weighted by molar-refractivity contribution is -0.116. The topological polar surface area (TPSA) is 67.6 Å². The average Bonchev–Trinajstić information content (AvgIpc) is 2.33. The van der Waals surface area contributed by atoms with Crippen LogP contribution in [0.25, 0.3) is 0 Å². The maximum atomic E-state index is 11.0. The van der Waals surface area contributed by atoms with E-state index in [1.54, 1.807) is 25.1 Å². The molecule has 0 radical (unpaired) electrons. The number of amides is 1. The molecule has 5 nitrogen and oxygen atoms in total. The molecule has 0 aromatic heterocycles. The van der Waals surface area contributed by atoms with E-state index < -0.39 is 0 Å². The van der Waals surface area contributed by atoms with Crippen LogP contribution >= 0.6 is 11.6 Å². The molecule has 0 spiro atoms. The Morgan fingerprint density at radius 3 is 2.89 bits per heavy atom. The second kappa shape index (κ2) is 7.99. The van der Waals surface area contributed by atoms with Crippen molar-refractivity contribution in [3.05, 3.63) is 28.8 Å². The van der Waals surface area contributed by atoms with Gasteiger partial charge < -0.3 is 20.7 Å². The number of halogens is 1. The van der Waals surface area contributed by atoms with Crippen LogP contribution in [0.4, 0.5) is 5.69 Å². The summed E-state index contributed by atoms with van der Waals surface area (Å²) in [5.74, 6) is -0.388. The highest BCUT2D eigenvalue weighted by atomic mass is 35.5. The maximum Gasteiger partial charge on any atom is 0.236 e. The number of hydrogen-bond donors (Lipinski definition) is 2. The Morgan fingerprint density at radius 1 is 1.53 bits per heavy atom. The molecule has 0 saturated carbocycles. The number of likely N-dealkylation sites (N-methyl/N-ethyl adjacent to an activating group) is 1. The van der Waals surface area contributed by atoms with E-state index in [2.05, 4.69) is 5.32 Å². The average molecular weight is 286 g/mol. The Kier molecular flexibility index (Phi) is 6.62. The van der Waals surface area contributed by atoms with Crippen LogP contribution in [0.3, 0.4) is 0 Å². The fourth-order valence-electron chi connectivity index (χ4n) is 1.84. The van der Waals surface area contributed by atoms with Crippen molar-refractivity contribution in [2.24, 2.45) is 5.73 Å². The van der Waals surface area contributed by atoms with Crippen molar-refractivity contribution in [1.82, 2.24) is 5.32 Å². The number of rotatable bonds is 8. The summed E-state index contributed by atoms with van der Waals surface area (Å²) in [4.78, 5) is 12.8. The molecule has 6 heteroatoms. The maximum absolute atomic E-state index is 11.0. The molecule has 0 fully saturated rings. The number of benzene rings is 1. The quantitative estimate of drug-likeness (QED) is 0.699. The molecule has 1 amide bonds. The van der Waals surface area contributed by atoms with Crippen LogP contribution in [0, 0.1) is 0 Å². The molecule has 3 N–H and O–H groups in total. The molecule has 0 aliphatic rings. The fourth-order valence-corrected chi connectivity index (χ4v) is 2.18. The first-order valence-electron chi connectivity index (χ1n) is 6.02. The Labute approximate surface area is 118 Å². The highest BCUT2D eigenvalue weighted by Gasteiger charge is 2.13. The van der Waals surface area contributed by atoms with Crippen LogP contribution in [0.5, 0.6) is 0 Å². The van der Waals surface area contributed by atoms with Gasteiger partial charge in [-0.2, -0.15) is 0 Å². The number of carbonyl (C=O) groups excluding carboxylic acids is 1. The van der Waals surface area contributed by atoms with Gasteiger partial charge in [0.15, 0.2) is 0 Å². The Morgan fingerprint density at radius 2 is 2.26 bits per heavy atom. The number of para-hydroxylation sites is 1. The fraction of sp³-hybridized carbons (Fsp3) is 0.462. The number of nitrogens with one attached hydrogen (secondary N) is 1. The summed E-state index contributed by atoms with van der Waals surface area (Å²) < 4.78 is 4.97. The van der Waals surface area contributed by atoms with E-state index in [-0.39, 0.29) is 12.5 Å². The molecule has 0 saturated heterocycles. The van der Waals surface area contributed by atoms with Crippen LogP contribution in [-0.2, 0) is 16.1 Å². The number of methoxy groups -OCH3 is 1. The number of nitrogens with two attached hydrogens (primary N) is 1. The lowest BCUT2D eigenvalue weighted by Crippen LogP contribution is -2.32. The minimum Gasteiger partial charge on any atom is -0.383 e. The third-order valence-electron chi connectivity index (χ3n) is 2.64. The summed E-state index contributed by atoms with van der Waals surface area (Å²) in [6, 6.07) is 5.66. The van der Waals surface area contributed by atoms with Crippen molar-refractivity contribution in [1.29, 1.82) is 0 Å². The van der Waals surface area contributed by atoms with Crippen LogP contribution in [-0.4, -0.2) is 39.8 Å². The zero-order valence-corrected chi connectivity index (χ0v) is 12.0. The third kappa shape index (κ3) is 5.06. The van der Waals surface area contributed by atoms with E-state index in [9.17, 15) is 4.79 Å². The molecule has 1 aromatic rings. The first-order chi connectivity index (χ1) is 9.06. The first kappa shape index (κ1) is 15.8. The molecule has 0 unspecified atom stereocenters. The monoisotopic (exact) mass is 285 g/mol. The molecule has 106 valence electrons. The van der Waals surface area contributed by atoms with Crippen LogP contribution in [0.1, 0.15) is 5.56 Å². The van der Waals surface area contributed by atoms with Crippen molar-refractivity contribution in [3.63, 3.8) is 0 Å². The summed E-state index contributed by atoms with van der Waals surface area (Å²) in [5.41, 5.74) is 7.06. The normalized spacial score (nSPS) is 10.5. The third-order valence-corrected chi connectivity index (χ3v) is 2.95. The van der Waals surface area contributed by atoms with Crippen LogP contribution in [0.15, 0.2) is 18.2 Å². The lowest BCUT2D eigenvalue weighted by atomic mass is 10.1. The van der Waals surface area contributed by atoms with Gasteiger partial charge in [0, 0.05) is 27.2 Å². The number of ether oxygens (including phenoxy) is 1. The van der Waals surface area contributed by atoms with Crippen LogP contribution in [0.2, 0.25) is 5.02 Å². The Bertz CT molecular complexity index is 426. The van der Waals surface area contributed by atoms with E-state index in [1.807, 2.05) is 12.1 Å². The highest BCUT2D eigenvalue weighted by molar-refractivity contribution is 6.33. The molecule has 19 heavy (non-hydrogen) atoms. The molecular weight excluding hydrogens is 266 g/mol. The van der Waals surface area contributed by atoms with Crippen molar-refractivity contribution in [2.45, 2.75) is 6.54 Å². The van der Waals surface area contributed by atoms with Gasteiger partial charge in [0.2, 0.25) is 5.91 Å². The van der Waals surface area contributed by atoms with E-state index >= 15 is 0 Å². The molecule has 0 aliphatic carbocycles. The minimum absolute atomic E-state index is 0.134. The number of anilines is 1. The number of carbonyl (C=O) groups is 1. The highest BCUT2D eigenvalue weighted by Crippen LogP contribution is 2.28. The molecule has 0 heterocycles. The number of primary amides is 1. The summed E-state index contributed by atoms with van der Waals surface area (Å²) >= 11 is 6.20. The SMILES string of the molecule is COCCNCc1cccc(Cl)c1N(C)CC(N)=O. The van der Waals surface area contributed by atoms with Crippen molar-refractivity contribution < 1.29 is 9.53 Å². The Balaban J connectivity index is 2.79. The first-order valence-corrected chi connectivity index (χ1v) is 6.40. The van der Waals surface area contributed by atoms with E-state index in [0.717, 1.165) is 17.8 Å². The van der Waals surface area contributed by atoms with Gasteiger partial charge in [-0.3, -0.25) is 4.79 Å². The molecule has 1 aromatic carbocycles. The Hall–Kier alpha value is -1.30. The van der Waals surface area contributed by atoms with Gasteiger partial charge in [0.1, 0.15) is 0 Å². The van der Waals surface area contributed by atoms with E-state index in [1.165, 1.54) is 0 Å². The minimum atomic E-state index is -0.388. The van der Waals surface area contributed by atoms with Gasteiger partial charge in [0.25, 0.3) is 0 Å². The lowest BCUT2D eigenvalue weighted by Gasteiger charge is -2.22. The van der Waals surface area contributed by atoms with Crippen molar-refractivity contribution in [3.8, 4) is 0 Å². The predicted octanol–water partition coefficient (Wildman–Crippen LogP) is 0.997. The molecular formula is C13H20ClN3O2. The smallest absolute Gasteiger partial charge is 0.236 e. The van der Waals surface area contributed by atoms with Crippen molar-refractivity contribution >= 4 is 23.2 Å². The van der Waals surface area contributed by atoms with Crippen LogP contribution < -0.4 is 16.0 Å². The second-order valence-electron chi connectivity index (χ2n) is 4.24. The largest absolute Gasteiger partial charge is 0.383 e. The van der Waals surface area contributed by atoms with Gasteiger partial charge in [-0.1, -0.05) is 23.7 Å². The van der Waals surface area contributed by atoms with E-state index in [4.69, 9.17) is 22.1 Å². The zero-order valence-electron chi connectivity index (χ0n) is 11.3. The molecule has 0 atom stereocenters. The zero-order chi connectivity index (χ0) is 14.3. The van der Waals surface area contributed by atoms with Gasteiger partial charge in [-0.05, 0) is 11.6 Å². The van der Waals surface area contributed by atoms with Gasteiger partial charge >= 0.3 is 0 Å². The van der Waals surface area contributed by atoms with E-state index in [0.29, 0.717) is 18.2 Å². The van der Waals surface area contributed by atoms with Crippen molar-refractivity contribution in [2.75, 3.05) is 38.8 Å². The summed E-state index contributed by atoms with van der Waals surface area (Å²) in [5, 5.41) is 3.86. The summed E-state index contributed by atoms with van der Waals surface area (Å²) in [6.07, 6.45) is 0. The second-order valence-corrected chi connectivity index (χ2v) is 4.65. The molecule has 1 rings (SSSR count). The standard InChI is InChI=1S/C13H20ClN3O2/c1-17(9-12(15)18)13-10(4-3-5-11(13)14)8-16-6-7-19-2/h3-5,16H,6-9H2,1-2H3,(H2,15,18). The number of hydrogen-bond acceptors (Lipinski definition) is 4. The predicted molar refractivity (Wildman–Crippen MR) is 77.5 cm³/mol. The number of nitrogens with zero attached hydrogens (tertiary/aromatic N) is 1. The van der Waals surface area contributed by atoms with Gasteiger partial charge in [-0.15, -0.1) is 0 Å². The molecule has 0 aliphatic heterocycles. The summed E-state index contributed by atoms with van der Waals surface area (Å²) in [6.45, 7) is 2.19.